The lowest BCUT2D eigenvalue weighted by molar-refractivity contribution is 0.103. The monoisotopic (exact) mass is 422 g/mol. The van der Waals surface area contributed by atoms with Crippen LogP contribution in [0.5, 0.6) is 5.88 Å². The third-order valence-corrected chi connectivity index (χ3v) is 5.67. The number of ether oxygens (including phenoxy) is 2. The zero-order chi connectivity index (χ0) is 20.1. The van der Waals surface area contributed by atoms with Gasteiger partial charge in [0.05, 0.1) is 11.5 Å². The Hall–Kier alpha value is -2.55. The van der Waals surface area contributed by atoms with Crippen molar-refractivity contribution in [2.24, 2.45) is 0 Å². The molecule has 1 heterocycles. The second-order valence-corrected chi connectivity index (χ2v) is 8.15. The molecule has 0 saturated carbocycles. The number of fused-ring (bicyclic) bond motifs is 1. The average Bonchev–Trinajstić information content (AvgIpc) is 3.03. The molecule has 0 atom stereocenters. The number of hydrogen-bond donors (Lipinski definition) is 2. The van der Waals surface area contributed by atoms with Crippen molar-refractivity contribution in [1.82, 2.24) is 9.71 Å². The first kappa shape index (κ1) is 20.2. The van der Waals surface area contributed by atoms with Crippen LogP contribution in [0.15, 0.2) is 53.4 Å². The van der Waals surface area contributed by atoms with Crippen molar-refractivity contribution in [2.45, 2.75) is 18.2 Å². The number of aromatic amines is 1. The van der Waals surface area contributed by atoms with E-state index < -0.39 is 16.2 Å². The molecule has 0 amide bonds. The Kier molecular flexibility index (Phi) is 6.23. The molecule has 2 aromatic carbocycles. The lowest BCUT2D eigenvalue weighted by atomic mass is 10.1. The molecule has 0 radical (unpaired) electrons. The van der Waals surface area contributed by atoms with Gasteiger partial charge in [0.2, 0.25) is 15.9 Å². The molecule has 0 aliphatic carbocycles. The number of carbonyl (C=O) groups excluding carboxylic acids is 1. The zero-order valence-electron chi connectivity index (χ0n) is 15.1. The first-order chi connectivity index (χ1) is 13.4. The number of aromatic nitrogens is 1. The second-order valence-electron chi connectivity index (χ2n) is 5.94. The van der Waals surface area contributed by atoms with Crippen LogP contribution in [0.4, 0.5) is 4.79 Å². The molecule has 0 aliphatic heterocycles. The summed E-state index contributed by atoms with van der Waals surface area (Å²) in [4.78, 5) is 14.5. The Labute approximate surface area is 167 Å². The van der Waals surface area contributed by atoms with Gasteiger partial charge in [0, 0.05) is 28.5 Å². The fourth-order valence-electron chi connectivity index (χ4n) is 2.63. The molecule has 9 heteroatoms. The number of carbonyl (C=O) groups is 1. The highest BCUT2D eigenvalue weighted by Crippen LogP contribution is 2.22. The smallest absolute Gasteiger partial charge is 0.434 e. The van der Waals surface area contributed by atoms with Gasteiger partial charge in [-0.05, 0) is 55.3 Å². The first-order valence-corrected chi connectivity index (χ1v) is 10.4. The molecule has 0 spiro atoms. The number of hydrogen-bond acceptors (Lipinski definition) is 5. The van der Waals surface area contributed by atoms with Crippen LogP contribution in [0.3, 0.4) is 0 Å². The van der Waals surface area contributed by atoms with E-state index in [2.05, 4.69) is 9.71 Å². The minimum Gasteiger partial charge on any atom is -0.434 e. The van der Waals surface area contributed by atoms with Crippen LogP contribution in [0, 0.1) is 0 Å². The lowest BCUT2D eigenvalue weighted by Crippen LogP contribution is -2.25. The van der Waals surface area contributed by atoms with Crippen molar-refractivity contribution in [3.8, 4) is 5.88 Å². The van der Waals surface area contributed by atoms with E-state index in [1.54, 1.807) is 13.0 Å². The van der Waals surface area contributed by atoms with Gasteiger partial charge >= 0.3 is 6.16 Å². The van der Waals surface area contributed by atoms with E-state index in [0.717, 1.165) is 16.5 Å². The standard InChI is InChI=1S/C19H19ClN2O5S/c1-2-26-19(23)27-18-12-14-11-13(3-8-17(14)22-18)9-10-21-28(24,25)16-6-4-15(20)5-7-16/h3-8,11-12,21-22H,2,9-10H2,1H3. The van der Waals surface area contributed by atoms with Gasteiger partial charge in [0.25, 0.3) is 0 Å². The predicted octanol–water partition coefficient (Wildman–Crippen LogP) is 3.88. The molecule has 0 aliphatic rings. The van der Waals surface area contributed by atoms with Gasteiger partial charge in [-0.3, -0.25) is 0 Å². The molecule has 148 valence electrons. The Morgan fingerprint density at radius 2 is 1.89 bits per heavy atom. The molecule has 3 rings (SSSR count). The fourth-order valence-corrected chi connectivity index (χ4v) is 3.79. The van der Waals surface area contributed by atoms with Crippen molar-refractivity contribution in [3.63, 3.8) is 0 Å². The van der Waals surface area contributed by atoms with Gasteiger partial charge in [-0.2, -0.15) is 0 Å². The Balaban J connectivity index is 1.62. The predicted molar refractivity (Wildman–Crippen MR) is 106 cm³/mol. The van der Waals surface area contributed by atoms with E-state index >= 15 is 0 Å². The number of sulfonamides is 1. The SMILES string of the molecule is CCOC(=O)Oc1cc2cc(CCNS(=O)(=O)c3ccc(Cl)cc3)ccc2[nH]1. The van der Waals surface area contributed by atoms with Gasteiger partial charge in [-0.15, -0.1) is 0 Å². The third kappa shape index (κ3) is 5.03. The third-order valence-electron chi connectivity index (χ3n) is 3.95. The maximum atomic E-state index is 12.3. The van der Waals surface area contributed by atoms with Crippen LogP contribution in [0.25, 0.3) is 10.9 Å². The van der Waals surface area contributed by atoms with Crippen molar-refractivity contribution in [1.29, 1.82) is 0 Å². The zero-order valence-corrected chi connectivity index (χ0v) is 16.6. The molecule has 0 saturated heterocycles. The number of rotatable bonds is 7. The van der Waals surface area contributed by atoms with Gasteiger partial charge < -0.3 is 14.5 Å². The molecule has 2 N–H and O–H groups in total. The summed E-state index contributed by atoms with van der Waals surface area (Å²) in [6.07, 6.45) is -0.270. The molecular weight excluding hydrogens is 404 g/mol. The van der Waals surface area contributed by atoms with E-state index in [4.69, 9.17) is 21.1 Å². The maximum absolute atomic E-state index is 12.3. The molecule has 7 nitrogen and oxygen atoms in total. The summed E-state index contributed by atoms with van der Waals surface area (Å²) in [6, 6.07) is 13.3. The molecule has 28 heavy (non-hydrogen) atoms. The van der Waals surface area contributed by atoms with Crippen molar-refractivity contribution in [3.05, 3.63) is 59.1 Å². The van der Waals surface area contributed by atoms with Crippen molar-refractivity contribution in [2.75, 3.05) is 13.2 Å². The summed E-state index contributed by atoms with van der Waals surface area (Å²) in [6.45, 7) is 2.17. The van der Waals surface area contributed by atoms with E-state index in [-0.39, 0.29) is 23.9 Å². The van der Waals surface area contributed by atoms with Gasteiger partial charge in [0.15, 0.2) is 0 Å². The highest BCUT2D eigenvalue weighted by atomic mass is 35.5. The maximum Gasteiger partial charge on any atom is 0.515 e. The Morgan fingerprint density at radius 1 is 1.14 bits per heavy atom. The van der Waals surface area contributed by atoms with Crippen molar-refractivity contribution < 1.29 is 22.7 Å². The summed E-state index contributed by atoms with van der Waals surface area (Å²) in [5.74, 6) is 0.286. The fraction of sp³-hybridized carbons (Fsp3) is 0.211. The van der Waals surface area contributed by atoms with Crippen LogP contribution >= 0.6 is 11.6 Å². The highest BCUT2D eigenvalue weighted by Gasteiger charge is 2.13. The summed E-state index contributed by atoms with van der Waals surface area (Å²) in [5.41, 5.74) is 1.73. The van der Waals surface area contributed by atoms with Gasteiger partial charge in [-0.1, -0.05) is 17.7 Å². The van der Waals surface area contributed by atoms with E-state index in [0.29, 0.717) is 11.4 Å². The molecular formula is C19H19ClN2O5S. The lowest BCUT2D eigenvalue weighted by Gasteiger charge is -2.07. The summed E-state index contributed by atoms with van der Waals surface area (Å²) in [5, 5.41) is 1.32. The quantitative estimate of drug-likeness (QED) is 0.563. The summed E-state index contributed by atoms with van der Waals surface area (Å²) in [7, 11) is -3.59. The second kappa shape index (κ2) is 8.64. The van der Waals surface area contributed by atoms with Crippen LogP contribution in [0.1, 0.15) is 12.5 Å². The van der Waals surface area contributed by atoms with Crippen LogP contribution in [0.2, 0.25) is 5.02 Å². The normalized spacial score (nSPS) is 11.5. The number of nitrogens with one attached hydrogen (secondary N) is 2. The van der Waals surface area contributed by atoms with E-state index in [1.165, 1.54) is 24.3 Å². The van der Waals surface area contributed by atoms with E-state index in [9.17, 15) is 13.2 Å². The first-order valence-electron chi connectivity index (χ1n) is 8.59. The Bertz CT molecular complexity index is 1080. The minimum atomic E-state index is -3.59. The van der Waals surface area contributed by atoms with E-state index in [1.807, 2.05) is 18.2 Å². The highest BCUT2D eigenvalue weighted by molar-refractivity contribution is 7.89. The number of H-pyrrole nitrogens is 1. The largest absolute Gasteiger partial charge is 0.515 e. The minimum absolute atomic E-state index is 0.166. The average molecular weight is 423 g/mol. The molecule has 0 fully saturated rings. The topological polar surface area (TPSA) is 97.5 Å². The summed E-state index contributed by atoms with van der Waals surface area (Å²) >= 11 is 5.79. The molecule has 3 aromatic rings. The van der Waals surface area contributed by atoms with Crippen LogP contribution < -0.4 is 9.46 Å². The van der Waals surface area contributed by atoms with Crippen LogP contribution in [-0.2, 0) is 21.2 Å². The van der Waals surface area contributed by atoms with Gasteiger partial charge in [0.1, 0.15) is 0 Å². The van der Waals surface area contributed by atoms with Gasteiger partial charge in [-0.25, -0.2) is 17.9 Å². The van der Waals surface area contributed by atoms with Crippen LogP contribution in [-0.4, -0.2) is 32.7 Å². The number of halogens is 1. The summed E-state index contributed by atoms with van der Waals surface area (Å²) < 4.78 is 36.9. The van der Waals surface area contributed by atoms with Crippen molar-refractivity contribution >= 4 is 38.7 Å². The number of benzene rings is 2. The Morgan fingerprint density at radius 3 is 2.61 bits per heavy atom. The molecule has 0 bridgehead atoms. The molecule has 1 aromatic heterocycles. The molecule has 0 unspecified atom stereocenters.